The Labute approximate surface area is 83.3 Å². The number of benzene rings is 1. The Balaban J connectivity index is 2.88. The Morgan fingerprint density at radius 3 is 2.71 bits per heavy atom. The zero-order chi connectivity index (χ0) is 10.6. The van der Waals surface area contributed by atoms with Crippen molar-refractivity contribution in [2.45, 2.75) is 6.04 Å². The number of hydrogen-bond acceptors (Lipinski definition) is 4. The molecule has 0 aliphatic carbocycles. The highest BCUT2D eigenvalue weighted by Crippen LogP contribution is 2.28. The lowest BCUT2D eigenvalue weighted by Gasteiger charge is -2.12. The van der Waals surface area contributed by atoms with Crippen molar-refractivity contribution in [3.8, 4) is 11.5 Å². The van der Waals surface area contributed by atoms with Gasteiger partial charge in [-0.1, -0.05) is 6.07 Å². The zero-order valence-corrected chi connectivity index (χ0v) is 8.36. The molecule has 0 fully saturated rings. The van der Waals surface area contributed by atoms with Crippen LogP contribution in [0.4, 0.5) is 0 Å². The van der Waals surface area contributed by atoms with Crippen molar-refractivity contribution >= 4 is 0 Å². The summed E-state index contributed by atoms with van der Waals surface area (Å²) in [5, 5.41) is 9.35. The molecule has 0 amide bonds. The minimum absolute atomic E-state index is 0.112. The van der Waals surface area contributed by atoms with Crippen molar-refractivity contribution in [2.24, 2.45) is 5.73 Å². The summed E-state index contributed by atoms with van der Waals surface area (Å²) in [6.45, 7) is 0.438. The molecule has 0 bridgehead atoms. The smallest absolute Gasteiger partial charge is 0.160 e. The SMILES string of the molecule is COC[C@H](N)c1ccc(O)c(OC)c1. The van der Waals surface area contributed by atoms with E-state index in [-0.39, 0.29) is 11.8 Å². The molecule has 1 rings (SSSR count). The molecule has 1 aromatic carbocycles. The van der Waals surface area contributed by atoms with Gasteiger partial charge in [0.2, 0.25) is 0 Å². The first-order valence-electron chi connectivity index (χ1n) is 4.30. The Kier molecular flexibility index (Phi) is 3.73. The lowest BCUT2D eigenvalue weighted by atomic mass is 10.1. The maximum absolute atomic E-state index is 9.35. The van der Waals surface area contributed by atoms with E-state index in [1.165, 1.54) is 7.11 Å². The predicted octanol–water partition coefficient (Wildman–Crippen LogP) is 1.05. The standard InChI is InChI=1S/C10H15NO3/c1-13-6-8(11)7-3-4-9(12)10(5-7)14-2/h3-5,8,12H,6,11H2,1-2H3/t8-/m0/s1. The average molecular weight is 197 g/mol. The van der Waals surface area contributed by atoms with E-state index >= 15 is 0 Å². The predicted molar refractivity (Wildman–Crippen MR) is 53.5 cm³/mol. The van der Waals surface area contributed by atoms with Crippen LogP contribution in [0.3, 0.4) is 0 Å². The molecular weight excluding hydrogens is 182 g/mol. The van der Waals surface area contributed by atoms with Crippen LogP contribution in [0.25, 0.3) is 0 Å². The van der Waals surface area contributed by atoms with Gasteiger partial charge in [-0.25, -0.2) is 0 Å². The molecule has 4 heteroatoms. The molecule has 78 valence electrons. The van der Waals surface area contributed by atoms with E-state index in [4.69, 9.17) is 15.2 Å². The fourth-order valence-corrected chi connectivity index (χ4v) is 1.20. The second kappa shape index (κ2) is 4.83. The fourth-order valence-electron chi connectivity index (χ4n) is 1.20. The number of rotatable bonds is 4. The second-order valence-electron chi connectivity index (χ2n) is 2.99. The van der Waals surface area contributed by atoms with Gasteiger partial charge in [0, 0.05) is 7.11 Å². The lowest BCUT2D eigenvalue weighted by molar-refractivity contribution is 0.181. The van der Waals surface area contributed by atoms with Crippen molar-refractivity contribution in [1.82, 2.24) is 0 Å². The third-order valence-electron chi connectivity index (χ3n) is 1.98. The van der Waals surface area contributed by atoms with Crippen LogP contribution in [-0.2, 0) is 4.74 Å². The summed E-state index contributed by atoms with van der Waals surface area (Å²) >= 11 is 0. The number of methoxy groups -OCH3 is 2. The van der Waals surface area contributed by atoms with Crippen molar-refractivity contribution in [2.75, 3.05) is 20.8 Å². The number of hydrogen-bond donors (Lipinski definition) is 2. The molecule has 0 saturated carbocycles. The molecule has 0 saturated heterocycles. The zero-order valence-electron chi connectivity index (χ0n) is 8.36. The number of nitrogens with two attached hydrogens (primary N) is 1. The Bertz CT molecular complexity index is 301. The fraction of sp³-hybridized carbons (Fsp3) is 0.400. The summed E-state index contributed by atoms with van der Waals surface area (Å²) in [4.78, 5) is 0. The van der Waals surface area contributed by atoms with Gasteiger partial charge in [0.1, 0.15) is 0 Å². The van der Waals surface area contributed by atoms with E-state index in [0.29, 0.717) is 12.4 Å². The van der Waals surface area contributed by atoms with Crippen molar-refractivity contribution < 1.29 is 14.6 Å². The minimum Gasteiger partial charge on any atom is -0.504 e. The molecule has 0 aromatic heterocycles. The van der Waals surface area contributed by atoms with Crippen LogP contribution in [0.5, 0.6) is 11.5 Å². The summed E-state index contributed by atoms with van der Waals surface area (Å²) in [5.74, 6) is 0.537. The third-order valence-corrected chi connectivity index (χ3v) is 1.98. The van der Waals surface area contributed by atoms with Crippen LogP contribution in [0.1, 0.15) is 11.6 Å². The minimum atomic E-state index is -0.200. The normalized spacial score (nSPS) is 12.5. The van der Waals surface area contributed by atoms with Gasteiger partial charge in [-0.2, -0.15) is 0 Å². The summed E-state index contributed by atoms with van der Waals surface area (Å²) in [6, 6.07) is 4.82. The van der Waals surface area contributed by atoms with Crippen molar-refractivity contribution in [1.29, 1.82) is 0 Å². The summed E-state index contributed by atoms with van der Waals surface area (Å²) < 4.78 is 9.90. The first-order valence-corrected chi connectivity index (χ1v) is 4.30. The van der Waals surface area contributed by atoms with Crippen LogP contribution >= 0.6 is 0 Å². The number of ether oxygens (including phenoxy) is 2. The lowest BCUT2D eigenvalue weighted by Crippen LogP contribution is -2.15. The first-order chi connectivity index (χ1) is 6.69. The molecule has 3 N–H and O–H groups in total. The largest absolute Gasteiger partial charge is 0.504 e. The number of phenolic OH excluding ortho intramolecular Hbond substituents is 1. The number of phenols is 1. The van der Waals surface area contributed by atoms with Crippen molar-refractivity contribution in [3.63, 3.8) is 0 Å². The van der Waals surface area contributed by atoms with Gasteiger partial charge in [0.05, 0.1) is 19.8 Å². The van der Waals surface area contributed by atoms with Gasteiger partial charge in [0.25, 0.3) is 0 Å². The summed E-state index contributed by atoms with van der Waals surface area (Å²) in [7, 11) is 3.10. The van der Waals surface area contributed by atoms with Crippen LogP contribution in [0.15, 0.2) is 18.2 Å². The molecule has 0 aliphatic rings. The summed E-state index contributed by atoms with van der Waals surface area (Å²) in [5.41, 5.74) is 6.69. The quantitative estimate of drug-likeness (QED) is 0.757. The van der Waals surface area contributed by atoms with Crippen LogP contribution in [-0.4, -0.2) is 25.9 Å². The van der Waals surface area contributed by atoms with E-state index < -0.39 is 0 Å². The van der Waals surface area contributed by atoms with Crippen LogP contribution < -0.4 is 10.5 Å². The first kappa shape index (κ1) is 10.8. The maximum Gasteiger partial charge on any atom is 0.160 e. The highest BCUT2D eigenvalue weighted by molar-refractivity contribution is 5.42. The van der Waals surface area contributed by atoms with Gasteiger partial charge < -0.3 is 20.3 Å². The van der Waals surface area contributed by atoms with Crippen LogP contribution in [0, 0.1) is 0 Å². The van der Waals surface area contributed by atoms with Gasteiger partial charge in [-0.3, -0.25) is 0 Å². The second-order valence-corrected chi connectivity index (χ2v) is 2.99. The molecule has 0 spiro atoms. The van der Waals surface area contributed by atoms with E-state index in [0.717, 1.165) is 5.56 Å². The molecule has 14 heavy (non-hydrogen) atoms. The molecule has 0 aliphatic heterocycles. The molecule has 1 atom stereocenters. The van der Waals surface area contributed by atoms with Crippen LogP contribution in [0.2, 0.25) is 0 Å². The van der Waals surface area contributed by atoms with Gasteiger partial charge >= 0.3 is 0 Å². The molecule has 0 unspecified atom stereocenters. The highest BCUT2D eigenvalue weighted by atomic mass is 16.5. The monoisotopic (exact) mass is 197 g/mol. The Morgan fingerprint density at radius 1 is 1.43 bits per heavy atom. The van der Waals surface area contributed by atoms with Gasteiger partial charge in [0.15, 0.2) is 11.5 Å². The van der Waals surface area contributed by atoms with Gasteiger partial charge in [-0.15, -0.1) is 0 Å². The Morgan fingerprint density at radius 2 is 2.14 bits per heavy atom. The van der Waals surface area contributed by atoms with E-state index in [1.54, 1.807) is 25.3 Å². The third kappa shape index (κ3) is 2.37. The van der Waals surface area contributed by atoms with E-state index in [1.807, 2.05) is 0 Å². The maximum atomic E-state index is 9.35. The van der Waals surface area contributed by atoms with Crippen molar-refractivity contribution in [3.05, 3.63) is 23.8 Å². The molecule has 0 heterocycles. The highest BCUT2D eigenvalue weighted by Gasteiger charge is 2.08. The van der Waals surface area contributed by atoms with Gasteiger partial charge in [-0.05, 0) is 17.7 Å². The van der Waals surface area contributed by atoms with E-state index in [2.05, 4.69) is 0 Å². The Hall–Kier alpha value is -1.26. The summed E-state index contributed by atoms with van der Waals surface area (Å²) in [6.07, 6.45) is 0. The molecule has 0 radical (unpaired) electrons. The molecule has 1 aromatic rings. The average Bonchev–Trinajstić information content (AvgIpc) is 2.19. The van der Waals surface area contributed by atoms with E-state index in [9.17, 15) is 5.11 Å². The topological polar surface area (TPSA) is 64.7 Å². The molecular formula is C10H15NO3. The molecule has 4 nitrogen and oxygen atoms in total. The number of aromatic hydroxyl groups is 1.